The summed E-state index contributed by atoms with van der Waals surface area (Å²) in [6, 6.07) is 14.2. The number of aliphatic imine (C=N–C) groups is 1. The maximum absolute atomic E-state index is 5.68. The molecule has 0 amide bonds. The second-order valence-electron chi connectivity index (χ2n) is 6.65. The summed E-state index contributed by atoms with van der Waals surface area (Å²) < 4.78 is 16.3. The van der Waals surface area contributed by atoms with Crippen LogP contribution in [0.15, 0.2) is 47.5 Å². The van der Waals surface area contributed by atoms with Gasteiger partial charge in [-0.15, -0.1) is 0 Å². The van der Waals surface area contributed by atoms with E-state index >= 15 is 0 Å². The molecule has 0 aromatic heterocycles. The predicted octanol–water partition coefficient (Wildman–Crippen LogP) is 3.49. The number of hydrogen-bond donors (Lipinski definition) is 2. The smallest absolute Gasteiger partial charge is 0.191 e. The largest absolute Gasteiger partial charge is 0.493 e. The van der Waals surface area contributed by atoms with Crippen LogP contribution in [-0.2, 0) is 24.4 Å². The monoisotopic (exact) mass is 385 g/mol. The minimum atomic E-state index is 0.224. The average Bonchev–Trinajstić information content (AvgIpc) is 2.72. The minimum Gasteiger partial charge on any atom is -0.493 e. The maximum Gasteiger partial charge on any atom is 0.191 e. The first kappa shape index (κ1) is 21.6. The van der Waals surface area contributed by atoms with Gasteiger partial charge in [0, 0.05) is 20.1 Å². The standard InChI is InChI=1S/C22H31N3O3/c1-16(2)28-15-19-8-6-7-17(11-19)13-24-22(23-3)25-14-18-9-10-20(26-4)21(12-18)27-5/h6-12,16H,13-15H2,1-5H3,(H2,23,24,25). The molecule has 2 aromatic carbocycles. The third-order valence-corrected chi connectivity index (χ3v) is 4.17. The molecule has 0 bridgehead atoms. The maximum atomic E-state index is 5.68. The lowest BCUT2D eigenvalue weighted by Gasteiger charge is -2.14. The Kier molecular flexibility index (Phi) is 8.62. The van der Waals surface area contributed by atoms with E-state index < -0.39 is 0 Å². The third kappa shape index (κ3) is 6.78. The molecule has 0 heterocycles. The van der Waals surface area contributed by atoms with Gasteiger partial charge < -0.3 is 24.8 Å². The summed E-state index contributed by atoms with van der Waals surface area (Å²) >= 11 is 0. The molecular formula is C22H31N3O3. The molecule has 6 nitrogen and oxygen atoms in total. The van der Waals surface area contributed by atoms with Gasteiger partial charge in [0.2, 0.25) is 0 Å². The van der Waals surface area contributed by atoms with Gasteiger partial charge in [-0.3, -0.25) is 4.99 Å². The second-order valence-corrected chi connectivity index (χ2v) is 6.65. The van der Waals surface area contributed by atoms with Gasteiger partial charge >= 0.3 is 0 Å². The van der Waals surface area contributed by atoms with E-state index in [4.69, 9.17) is 14.2 Å². The molecule has 0 saturated carbocycles. The molecule has 152 valence electrons. The van der Waals surface area contributed by atoms with E-state index in [2.05, 4.69) is 39.9 Å². The van der Waals surface area contributed by atoms with E-state index in [0.717, 1.165) is 17.3 Å². The van der Waals surface area contributed by atoms with E-state index in [1.165, 1.54) is 11.1 Å². The summed E-state index contributed by atoms with van der Waals surface area (Å²) in [4.78, 5) is 4.29. The SMILES string of the molecule is CN=C(NCc1cccc(COC(C)C)c1)NCc1ccc(OC)c(OC)c1. The number of nitrogens with zero attached hydrogens (tertiary/aromatic N) is 1. The fraction of sp³-hybridized carbons (Fsp3) is 0.409. The molecule has 2 rings (SSSR count). The lowest BCUT2D eigenvalue weighted by Crippen LogP contribution is -2.36. The summed E-state index contributed by atoms with van der Waals surface area (Å²) in [5.41, 5.74) is 3.42. The molecule has 2 N–H and O–H groups in total. The Bertz CT molecular complexity index is 775. The van der Waals surface area contributed by atoms with E-state index in [-0.39, 0.29) is 6.10 Å². The van der Waals surface area contributed by atoms with Gasteiger partial charge in [0.15, 0.2) is 17.5 Å². The first-order chi connectivity index (χ1) is 13.5. The van der Waals surface area contributed by atoms with Gasteiger partial charge in [0.1, 0.15) is 0 Å². The van der Waals surface area contributed by atoms with Crippen molar-refractivity contribution in [2.45, 2.75) is 39.6 Å². The number of rotatable bonds is 9. The van der Waals surface area contributed by atoms with Crippen molar-refractivity contribution in [2.24, 2.45) is 4.99 Å². The minimum absolute atomic E-state index is 0.224. The molecule has 0 unspecified atom stereocenters. The van der Waals surface area contributed by atoms with Crippen molar-refractivity contribution in [3.05, 3.63) is 59.2 Å². The number of benzene rings is 2. The normalized spacial score (nSPS) is 11.4. The molecule has 6 heteroatoms. The molecule has 0 fully saturated rings. The van der Waals surface area contributed by atoms with Gasteiger partial charge in [-0.2, -0.15) is 0 Å². The zero-order valence-corrected chi connectivity index (χ0v) is 17.4. The third-order valence-electron chi connectivity index (χ3n) is 4.17. The van der Waals surface area contributed by atoms with E-state index in [1.54, 1.807) is 21.3 Å². The summed E-state index contributed by atoms with van der Waals surface area (Å²) in [5, 5.41) is 6.66. The van der Waals surface area contributed by atoms with Crippen molar-refractivity contribution >= 4 is 5.96 Å². The summed E-state index contributed by atoms with van der Waals surface area (Å²) in [6.45, 7) is 6.01. The van der Waals surface area contributed by atoms with Gasteiger partial charge in [-0.05, 0) is 42.7 Å². The number of guanidine groups is 1. The highest BCUT2D eigenvalue weighted by Crippen LogP contribution is 2.27. The summed E-state index contributed by atoms with van der Waals surface area (Å²) in [6.07, 6.45) is 0.224. The molecule has 0 aliphatic carbocycles. The molecule has 0 radical (unpaired) electrons. The summed E-state index contributed by atoms with van der Waals surface area (Å²) in [5.74, 6) is 2.17. The van der Waals surface area contributed by atoms with Crippen LogP contribution in [0, 0.1) is 0 Å². The topological polar surface area (TPSA) is 64.1 Å². The van der Waals surface area contributed by atoms with Crippen molar-refractivity contribution in [3.63, 3.8) is 0 Å². The first-order valence-electron chi connectivity index (χ1n) is 9.40. The van der Waals surface area contributed by atoms with Crippen LogP contribution in [0.3, 0.4) is 0 Å². The van der Waals surface area contributed by atoms with Crippen LogP contribution >= 0.6 is 0 Å². The van der Waals surface area contributed by atoms with Crippen LogP contribution in [0.1, 0.15) is 30.5 Å². The van der Waals surface area contributed by atoms with Crippen molar-refractivity contribution < 1.29 is 14.2 Å². The lowest BCUT2D eigenvalue weighted by atomic mass is 10.1. The molecule has 0 saturated heterocycles. The van der Waals surface area contributed by atoms with Crippen molar-refractivity contribution in [2.75, 3.05) is 21.3 Å². The molecule has 0 aliphatic rings. The Hall–Kier alpha value is -2.73. The van der Waals surface area contributed by atoms with Crippen LogP contribution in [0.4, 0.5) is 0 Å². The Balaban J connectivity index is 1.89. The molecule has 0 spiro atoms. The number of ether oxygens (including phenoxy) is 3. The van der Waals surface area contributed by atoms with Crippen LogP contribution in [-0.4, -0.2) is 33.3 Å². The highest BCUT2D eigenvalue weighted by molar-refractivity contribution is 5.79. The number of nitrogens with one attached hydrogen (secondary N) is 2. The van der Waals surface area contributed by atoms with Gasteiger partial charge in [0.05, 0.1) is 26.9 Å². The lowest BCUT2D eigenvalue weighted by molar-refractivity contribution is 0.0657. The highest BCUT2D eigenvalue weighted by Gasteiger charge is 2.06. The first-order valence-corrected chi connectivity index (χ1v) is 9.40. The van der Waals surface area contributed by atoms with Crippen LogP contribution in [0.5, 0.6) is 11.5 Å². The van der Waals surface area contributed by atoms with Crippen LogP contribution in [0.2, 0.25) is 0 Å². The zero-order valence-electron chi connectivity index (χ0n) is 17.4. The van der Waals surface area contributed by atoms with Crippen molar-refractivity contribution in [3.8, 4) is 11.5 Å². The van der Waals surface area contributed by atoms with Crippen LogP contribution < -0.4 is 20.1 Å². The fourth-order valence-corrected chi connectivity index (χ4v) is 2.68. The van der Waals surface area contributed by atoms with Crippen LogP contribution in [0.25, 0.3) is 0 Å². The van der Waals surface area contributed by atoms with E-state index in [9.17, 15) is 0 Å². The Morgan fingerprint density at radius 3 is 2.14 bits per heavy atom. The molecule has 0 aliphatic heterocycles. The average molecular weight is 386 g/mol. The number of hydrogen-bond acceptors (Lipinski definition) is 4. The fourth-order valence-electron chi connectivity index (χ4n) is 2.68. The molecule has 0 atom stereocenters. The quantitative estimate of drug-likeness (QED) is 0.511. The molecule has 2 aromatic rings. The predicted molar refractivity (Wildman–Crippen MR) is 113 cm³/mol. The van der Waals surface area contributed by atoms with E-state index in [1.807, 2.05) is 32.0 Å². The van der Waals surface area contributed by atoms with Gasteiger partial charge in [-0.1, -0.05) is 30.3 Å². The molecule has 28 heavy (non-hydrogen) atoms. The van der Waals surface area contributed by atoms with Gasteiger partial charge in [-0.25, -0.2) is 0 Å². The van der Waals surface area contributed by atoms with E-state index in [0.29, 0.717) is 25.4 Å². The second kappa shape index (κ2) is 11.2. The highest BCUT2D eigenvalue weighted by atomic mass is 16.5. The Labute approximate surface area is 167 Å². The van der Waals surface area contributed by atoms with Crippen molar-refractivity contribution in [1.82, 2.24) is 10.6 Å². The Morgan fingerprint density at radius 1 is 0.893 bits per heavy atom. The zero-order chi connectivity index (χ0) is 20.4. The Morgan fingerprint density at radius 2 is 1.54 bits per heavy atom. The molecular weight excluding hydrogens is 354 g/mol. The number of methoxy groups -OCH3 is 2. The van der Waals surface area contributed by atoms with Gasteiger partial charge in [0.25, 0.3) is 0 Å². The van der Waals surface area contributed by atoms with Crippen molar-refractivity contribution in [1.29, 1.82) is 0 Å². The summed E-state index contributed by atoms with van der Waals surface area (Å²) in [7, 11) is 5.03.